The van der Waals surface area contributed by atoms with Crippen LogP contribution in [0.4, 0.5) is 0 Å². The molecule has 1 atom stereocenters. The van der Waals surface area contributed by atoms with Crippen LogP contribution >= 0.6 is 0 Å². The van der Waals surface area contributed by atoms with E-state index in [9.17, 15) is 18.0 Å². The predicted molar refractivity (Wildman–Crippen MR) is 142 cm³/mol. The highest BCUT2D eigenvalue weighted by molar-refractivity contribution is 7.89. The Morgan fingerprint density at radius 2 is 1.95 bits per heavy atom. The average molecular weight is 527 g/mol. The molecule has 2 heterocycles. The van der Waals surface area contributed by atoms with Crippen molar-refractivity contribution in [2.75, 3.05) is 33.3 Å². The zero-order valence-corrected chi connectivity index (χ0v) is 21.9. The minimum atomic E-state index is -3.72. The number of rotatable bonds is 7. The molecular weight excluding hydrogens is 492 g/mol. The number of nitrogens with zero attached hydrogens (tertiary/aromatic N) is 1. The lowest BCUT2D eigenvalue weighted by atomic mass is 9.98. The number of fused-ring (bicyclic) bond motifs is 1. The molecule has 9 nitrogen and oxygen atoms in total. The molecule has 0 saturated carbocycles. The minimum Gasteiger partial charge on any atom is -0.497 e. The molecule has 1 fully saturated rings. The lowest BCUT2D eigenvalue weighted by Gasteiger charge is -2.22. The highest BCUT2D eigenvalue weighted by atomic mass is 32.2. The first kappa shape index (κ1) is 26.7. The summed E-state index contributed by atoms with van der Waals surface area (Å²) in [6.45, 7) is 1.21. The van der Waals surface area contributed by atoms with Gasteiger partial charge < -0.3 is 20.4 Å². The summed E-state index contributed by atoms with van der Waals surface area (Å²) in [6.07, 6.45) is 4.25. The highest BCUT2D eigenvalue weighted by Gasteiger charge is 2.27. The molecule has 37 heavy (non-hydrogen) atoms. The third kappa shape index (κ3) is 6.69. The monoisotopic (exact) mass is 526 g/mol. The Morgan fingerprint density at radius 1 is 1.14 bits per heavy atom. The molecule has 1 aliphatic rings. The molecule has 1 aliphatic heterocycles. The van der Waals surface area contributed by atoms with Gasteiger partial charge in [-0.05, 0) is 61.6 Å². The smallest absolute Gasteiger partial charge is 0.243 e. The summed E-state index contributed by atoms with van der Waals surface area (Å²) < 4.78 is 33.0. The van der Waals surface area contributed by atoms with Crippen LogP contribution in [0.3, 0.4) is 0 Å². The number of benzene rings is 2. The van der Waals surface area contributed by atoms with E-state index in [1.54, 1.807) is 37.4 Å². The van der Waals surface area contributed by atoms with Gasteiger partial charge in [-0.1, -0.05) is 18.2 Å². The van der Waals surface area contributed by atoms with Crippen LogP contribution in [0.2, 0.25) is 0 Å². The number of carbonyl (C=O) groups is 2. The van der Waals surface area contributed by atoms with Gasteiger partial charge in [0.2, 0.25) is 21.8 Å². The largest absolute Gasteiger partial charge is 0.497 e. The van der Waals surface area contributed by atoms with Gasteiger partial charge in [0.25, 0.3) is 0 Å². The number of amides is 2. The van der Waals surface area contributed by atoms with Crippen molar-refractivity contribution in [2.45, 2.75) is 37.0 Å². The number of ether oxygens (including phenoxy) is 1. The Kier molecular flexibility index (Phi) is 8.83. The molecule has 2 aromatic carbocycles. The number of aromatic amines is 1. The first-order chi connectivity index (χ1) is 17.9. The standard InChI is InChI=1S/C27H34N4O5S/c1-36-22-9-10-25-24(18-22)21(19-30-25)12-15-29-27(33)20-6-5-16-31(17-13-26(32)28-14-11-20)37(34,35)23-7-3-2-4-8-23/h2-4,7-10,18-20,30H,5-6,11-17H2,1H3,(H,28,32)(H,29,33). The predicted octanol–water partition coefficient (Wildman–Crippen LogP) is 2.83. The van der Waals surface area contributed by atoms with Gasteiger partial charge in [0.1, 0.15) is 5.75 Å². The van der Waals surface area contributed by atoms with Crippen molar-refractivity contribution in [3.8, 4) is 5.75 Å². The third-order valence-corrected chi connectivity index (χ3v) is 8.70. The Morgan fingerprint density at radius 3 is 2.73 bits per heavy atom. The second-order valence-electron chi connectivity index (χ2n) is 9.21. The van der Waals surface area contributed by atoms with Gasteiger partial charge in [-0.2, -0.15) is 4.31 Å². The lowest BCUT2D eigenvalue weighted by Crippen LogP contribution is -2.35. The van der Waals surface area contributed by atoms with E-state index >= 15 is 0 Å². The lowest BCUT2D eigenvalue weighted by molar-refractivity contribution is -0.126. The molecule has 1 unspecified atom stereocenters. The first-order valence-electron chi connectivity index (χ1n) is 12.6. The van der Waals surface area contributed by atoms with Crippen LogP contribution in [-0.2, 0) is 26.0 Å². The maximum Gasteiger partial charge on any atom is 0.243 e. The Hall–Kier alpha value is -3.37. The molecule has 0 spiro atoms. The van der Waals surface area contributed by atoms with Gasteiger partial charge in [-0.3, -0.25) is 9.59 Å². The molecule has 1 aromatic heterocycles. The van der Waals surface area contributed by atoms with E-state index in [0.29, 0.717) is 38.8 Å². The zero-order chi connectivity index (χ0) is 26.3. The maximum absolute atomic E-state index is 13.2. The van der Waals surface area contributed by atoms with Crippen LogP contribution in [0.15, 0.2) is 59.6 Å². The topological polar surface area (TPSA) is 121 Å². The number of hydrogen-bond acceptors (Lipinski definition) is 5. The van der Waals surface area contributed by atoms with Gasteiger partial charge in [-0.25, -0.2) is 8.42 Å². The number of methoxy groups -OCH3 is 1. The van der Waals surface area contributed by atoms with Crippen molar-refractivity contribution < 1.29 is 22.7 Å². The van der Waals surface area contributed by atoms with E-state index < -0.39 is 10.0 Å². The number of aromatic nitrogens is 1. The van der Waals surface area contributed by atoms with Crippen molar-refractivity contribution in [3.05, 3.63) is 60.3 Å². The number of sulfonamides is 1. The molecule has 10 heteroatoms. The fourth-order valence-corrected chi connectivity index (χ4v) is 6.17. The normalized spacial score (nSPS) is 18.1. The zero-order valence-electron chi connectivity index (χ0n) is 21.0. The number of hydrogen-bond donors (Lipinski definition) is 3. The molecule has 0 aliphatic carbocycles. The molecule has 0 bridgehead atoms. The fraction of sp³-hybridized carbons (Fsp3) is 0.407. The van der Waals surface area contributed by atoms with Gasteiger partial charge in [0.15, 0.2) is 0 Å². The summed E-state index contributed by atoms with van der Waals surface area (Å²) in [5.41, 5.74) is 2.10. The van der Waals surface area contributed by atoms with Crippen LogP contribution in [-0.4, -0.2) is 62.8 Å². The molecular formula is C27H34N4O5S. The summed E-state index contributed by atoms with van der Waals surface area (Å²) in [7, 11) is -2.09. The van der Waals surface area contributed by atoms with Crippen molar-refractivity contribution in [3.63, 3.8) is 0 Å². The summed E-state index contributed by atoms with van der Waals surface area (Å²) in [5, 5.41) is 6.92. The number of carbonyl (C=O) groups excluding carboxylic acids is 2. The first-order valence-corrected chi connectivity index (χ1v) is 14.1. The van der Waals surface area contributed by atoms with Crippen molar-refractivity contribution >= 4 is 32.7 Å². The van der Waals surface area contributed by atoms with Crippen molar-refractivity contribution in [1.29, 1.82) is 0 Å². The van der Waals surface area contributed by atoms with Gasteiger partial charge in [0.05, 0.1) is 12.0 Å². The van der Waals surface area contributed by atoms with Crippen LogP contribution < -0.4 is 15.4 Å². The fourth-order valence-electron chi connectivity index (χ4n) is 4.67. The second kappa shape index (κ2) is 12.2. The van der Waals surface area contributed by atoms with Gasteiger partial charge >= 0.3 is 0 Å². The van der Waals surface area contributed by atoms with Gasteiger partial charge in [-0.15, -0.1) is 0 Å². The van der Waals surface area contributed by atoms with E-state index in [2.05, 4.69) is 15.6 Å². The van der Waals surface area contributed by atoms with E-state index in [1.807, 2.05) is 24.4 Å². The third-order valence-electron chi connectivity index (χ3n) is 6.78. The molecule has 2 amide bonds. The second-order valence-corrected chi connectivity index (χ2v) is 11.1. The summed E-state index contributed by atoms with van der Waals surface area (Å²) in [4.78, 5) is 28.8. The highest BCUT2D eigenvalue weighted by Crippen LogP contribution is 2.24. The Balaban J connectivity index is 1.37. The van der Waals surface area contributed by atoms with E-state index in [0.717, 1.165) is 22.2 Å². The van der Waals surface area contributed by atoms with Crippen LogP contribution in [0, 0.1) is 5.92 Å². The molecule has 4 rings (SSSR count). The summed E-state index contributed by atoms with van der Waals surface area (Å²) >= 11 is 0. The quantitative estimate of drug-likeness (QED) is 0.437. The average Bonchev–Trinajstić information content (AvgIpc) is 3.29. The number of nitrogens with one attached hydrogen (secondary N) is 3. The molecule has 1 saturated heterocycles. The van der Waals surface area contributed by atoms with Crippen molar-refractivity contribution in [2.24, 2.45) is 5.92 Å². The number of H-pyrrole nitrogens is 1. The van der Waals surface area contributed by atoms with E-state index in [1.165, 1.54) is 4.31 Å². The van der Waals surface area contributed by atoms with Crippen molar-refractivity contribution in [1.82, 2.24) is 19.9 Å². The van der Waals surface area contributed by atoms with Crippen LogP contribution in [0.25, 0.3) is 10.9 Å². The SMILES string of the molecule is COc1ccc2[nH]cc(CCNC(=O)C3CCCN(S(=O)(=O)c4ccccc4)CCC(=O)NCC3)c2c1. The maximum atomic E-state index is 13.2. The summed E-state index contributed by atoms with van der Waals surface area (Å²) in [5.74, 6) is 0.162. The Bertz CT molecular complexity index is 1320. The summed E-state index contributed by atoms with van der Waals surface area (Å²) in [6, 6.07) is 14.1. The van der Waals surface area contributed by atoms with E-state index in [4.69, 9.17) is 4.74 Å². The van der Waals surface area contributed by atoms with Gasteiger partial charge in [0, 0.05) is 55.6 Å². The molecule has 3 N–H and O–H groups in total. The van der Waals surface area contributed by atoms with Crippen LogP contribution in [0.5, 0.6) is 5.75 Å². The molecule has 0 radical (unpaired) electrons. The molecule has 3 aromatic rings. The van der Waals surface area contributed by atoms with Crippen LogP contribution in [0.1, 0.15) is 31.2 Å². The Labute approximate surface area is 217 Å². The van der Waals surface area contributed by atoms with E-state index in [-0.39, 0.29) is 42.1 Å². The molecule has 198 valence electrons. The minimum absolute atomic E-state index is 0.0802.